The summed E-state index contributed by atoms with van der Waals surface area (Å²) in [4.78, 5) is 3.74. The Balaban J connectivity index is 3.27. The SMILES string of the molecule is Cc1c(C(F)F)cnc(CO)c1CCl. The van der Waals surface area contributed by atoms with Gasteiger partial charge in [0.1, 0.15) is 0 Å². The van der Waals surface area contributed by atoms with E-state index in [1.54, 1.807) is 6.92 Å². The zero-order chi connectivity index (χ0) is 10.7. The number of aliphatic hydroxyl groups is 1. The van der Waals surface area contributed by atoms with E-state index in [0.717, 1.165) is 6.20 Å². The highest BCUT2D eigenvalue weighted by molar-refractivity contribution is 6.17. The number of aliphatic hydroxyl groups excluding tert-OH is 1. The van der Waals surface area contributed by atoms with E-state index < -0.39 is 6.43 Å². The first-order valence-electron chi connectivity index (χ1n) is 4.04. The van der Waals surface area contributed by atoms with Crippen LogP contribution in [0, 0.1) is 6.92 Å². The number of aromatic nitrogens is 1. The molecule has 0 atom stereocenters. The number of alkyl halides is 3. The van der Waals surface area contributed by atoms with E-state index in [4.69, 9.17) is 16.7 Å². The van der Waals surface area contributed by atoms with Crippen molar-refractivity contribution in [2.45, 2.75) is 25.8 Å². The van der Waals surface area contributed by atoms with Crippen LogP contribution in [0.15, 0.2) is 6.20 Å². The molecule has 0 spiro atoms. The highest BCUT2D eigenvalue weighted by Gasteiger charge is 2.16. The molecule has 14 heavy (non-hydrogen) atoms. The fraction of sp³-hybridized carbons (Fsp3) is 0.444. The molecule has 1 rings (SSSR count). The minimum absolute atomic E-state index is 0.0787. The summed E-state index contributed by atoms with van der Waals surface area (Å²) in [7, 11) is 0. The van der Waals surface area contributed by atoms with Crippen molar-refractivity contribution in [1.82, 2.24) is 4.98 Å². The fourth-order valence-corrected chi connectivity index (χ4v) is 1.60. The molecule has 0 aliphatic rings. The largest absolute Gasteiger partial charge is 0.390 e. The number of halogens is 3. The molecule has 0 saturated carbocycles. The lowest BCUT2D eigenvalue weighted by Crippen LogP contribution is -2.03. The van der Waals surface area contributed by atoms with E-state index >= 15 is 0 Å². The van der Waals surface area contributed by atoms with Crippen LogP contribution in [0.1, 0.15) is 28.8 Å². The first kappa shape index (κ1) is 11.3. The molecule has 0 amide bonds. The summed E-state index contributed by atoms with van der Waals surface area (Å²) < 4.78 is 24.9. The van der Waals surface area contributed by atoms with E-state index in [1.165, 1.54) is 0 Å². The standard InChI is InChI=1S/C9H10ClF2NO/c1-5-6(2-10)8(4-14)13-3-7(5)9(11)12/h3,9,14H,2,4H2,1H3. The molecule has 78 valence electrons. The summed E-state index contributed by atoms with van der Waals surface area (Å²) >= 11 is 5.60. The van der Waals surface area contributed by atoms with Crippen molar-refractivity contribution in [3.63, 3.8) is 0 Å². The van der Waals surface area contributed by atoms with E-state index in [1.807, 2.05) is 0 Å². The Bertz CT molecular complexity index is 331. The highest BCUT2D eigenvalue weighted by atomic mass is 35.5. The fourth-order valence-electron chi connectivity index (χ4n) is 1.25. The zero-order valence-electron chi connectivity index (χ0n) is 7.60. The molecule has 0 bridgehead atoms. The van der Waals surface area contributed by atoms with Gasteiger partial charge in [-0.25, -0.2) is 8.78 Å². The minimum atomic E-state index is -2.56. The molecule has 5 heteroatoms. The van der Waals surface area contributed by atoms with Crippen LogP contribution in [0.5, 0.6) is 0 Å². The Morgan fingerprint density at radius 2 is 2.21 bits per heavy atom. The average Bonchev–Trinajstić information content (AvgIpc) is 2.16. The van der Waals surface area contributed by atoms with E-state index in [-0.39, 0.29) is 18.1 Å². The molecule has 2 nitrogen and oxygen atoms in total. The van der Waals surface area contributed by atoms with Crippen molar-refractivity contribution in [3.05, 3.63) is 28.6 Å². The summed E-state index contributed by atoms with van der Waals surface area (Å²) in [5, 5.41) is 8.89. The third kappa shape index (κ3) is 2.01. The van der Waals surface area contributed by atoms with Crippen molar-refractivity contribution in [2.75, 3.05) is 0 Å². The molecular formula is C9H10ClF2NO. The lowest BCUT2D eigenvalue weighted by molar-refractivity contribution is 0.150. The first-order chi connectivity index (χ1) is 6.61. The van der Waals surface area contributed by atoms with Crippen molar-refractivity contribution in [3.8, 4) is 0 Å². The van der Waals surface area contributed by atoms with Crippen LogP contribution < -0.4 is 0 Å². The van der Waals surface area contributed by atoms with Gasteiger partial charge < -0.3 is 5.11 Å². The smallest absolute Gasteiger partial charge is 0.265 e. The number of hydrogen-bond acceptors (Lipinski definition) is 2. The Morgan fingerprint density at radius 1 is 1.57 bits per heavy atom. The van der Waals surface area contributed by atoms with Gasteiger partial charge in [0.05, 0.1) is 12.3 Å². The van der Waals surface area contributed by atoms with Crippen LogP contribution in [-0.4, -0.2) is 10.1 Å². The molecule has 1 heterocycles. The number of hydrogen-bond donors (Lipinski definition) is 1. The van der Waals surface area contributed by atoms with Gasteiger partial charge in [-0.05, 0) is 18.1 Å². The maximum Gasteiger partial charge on any atom is 0.265 e. The lowest BCUT2D eigenvalue weighted by atomic mass is 10.0. The second-order valence-corrected chi connectivity index (χ2v) is 3.12. The molecule has 0 aromatic carbocycles. The van der Waals surface area contributed by atoms with Gasteiger partial charge in [0.25, 0.3) is 6.43 Å². The molecule has 1 N–H and O–H groups in total. The van der Waals surface area contributed by atoms with Crippen LogP contribution in [-0.2, 0) is 12.5 Å². The van der Waals surface area contributed by atoms with Crippen LogP contribution in [0.4, 0.5) is 8.78 Å². The van der Waals surface area contributed by atoms with Crippen LogP contribution >= 0.6 is 11.6 Å². The molecule has 0 fully saturated rings. The second kappa shape index (κ2) is 4.66. The van der Waals surface area contributed by atoms with Crippen molar-refractivity contribution in [1.29, 1.82) is 0 Å². The van der Waals surface area contributed by atoms with Crippen molar-refractivity contribution in [2.24, 2.45) is 0 Å². The average molecular weight is 222 g/mol. The van der Waals surface area contributed by atoms with Crippen LogP contribution in [0.2, 0.25) is 0 Å². The normalized spacial score (nSPS) is 11.0. The summed E-state index contributed by atoms with van der Waals surface area (Å²) in [6.07, 6.45) is -1.47. The molecule has 0 unspecified atom stereocenters. The predicted molar refractivity (Wildman–Crippen MR) is 49.4 cm³/mol. The van der Waals surface area contributed by atoms with Gasteiger partial charge >= 0.3 is 0 Å². The van der Waals surface area contributed by atoms with Crippen molar-refractivity contribution < 1.29 is 13.9 Å². The monoisotopic (exact) mass is 221 g/mol. The van der Waals surface area contributed by atoms with E-state index in [0.29, 0.717) is 16.8 Å². The second-order valence-electron chi connectivity index (χ2n) is 2.86. The Morgan fingerprint density at radius 3 is 2.64 bits per heavy atom. The topological polar surface area (TPSA) is 33.1 Å². The molecular weight excluding hydrogens is 212 g/mol. The molecule has 1 aromatic heterocycles. The van der Waals surface area contributed by atoms with Gasteiger partial charge in [-0.1, -0.05) is 0 Å². The van der Waals surface area contributed by atoms with Crippen LogP contribution in [0.3, 0.4) is 0 Å². The van der Waals surface area contributed by atoms with Crippen molar-refractivity contribution >= 4 is 11.6 Å². The number of nitrogens with zero attached hydrogens (tertiary/aromatic N) is 1. The molecule has 1 aromatic rings. The minimum Gasteiger partial charge on any atom is -0.390 e. The van der Waals surface area contributed by atoms with Gasteiger partial charge in [-0.15, -0.1) is 11.6 Å². The first-order valence-corrected chi connectivity index (χ1v) is 4.57. The number of rotatable bonds is 3. The summed E-state index contributed by atoms with van der Waals surface area (Å²) in [5.74, 6) is 0.0787. The summed E-state index contributed by atoms with van der Waals surface area (Å²) in [6, 6.07) is 0. The van der Waals surface area contributed by atoms with E-state index in [2.05, 4.69) is 4.98 Å². The Kier molecular flexibility index (Phi) is 3.77. The lowest BCUT2D eigenvalue weighted by Gasteiger charge is -2.11. The Hall–Kier alpha value is -0.740. The Labute approximate surface area is 85.5 Å². The van der Waals surface area contributed by atoms with Gasteiger partial charge in [0.2, 0.25) is 0 Å². The van der Waals surface area contributed by atoms with Crippen LogP contribution in [0.25, 0.3) is 0 Å². The van der Waals surface area contributed by atoms with Gasteiger partial charge in [0, 0.05) is 17.6 Å². The van der Waals surface area contributed by atoms with Gasteiger partial charge in [-0.2, -0.15) is 0 Å². The zero-order valence-corrected chi connectivity index (χ0v) is 8.35. The molecule has 0 aliphatic carbocycles. The molecule has 0 radical (unpaired) electrons. The van der Waals surface area contributed by atoms with E-state index in [9.17, 15) is 8.78 Å². The maximum atomic E-state index is 12.4. The van der Waals surface area contributed by atoms with Gasteiger partial charge in [-0.3, -0.25) is 4.98 Å². The molecule has 0 saturated heterocycles. The quantitative estimate of drug-likeness (QED) is 0.796. The summed E-state index contributed by atoms with van der Waals surface area (Å²) in [6.45, 7) is 1.27. The summed E-state index contributed by atoms with van der Waals surface area (Å²) in [5.41, 5.74) is 1.14. The third-order valence-corrected chi connectivity index (χ3v) is 2.38. The predicted octanol–water partition coefficient (Wildman–Crippen LogP) is 2.56. The van der Waals surface area contributed by atoms with Gasteiger partial charge in [0.15, 0.2) is 0 Å². The number of pyridine rings is 1. The molecule has 0 aliphatic heterocycles. The highest BCUT2D eigenvalue weighted by Crippen LogP contribution is 2.26. The maximum absolute atomic E-state index is 12.4. The third-order valence-electron chi connectivity index (χ3n) is 2.11.